The topological polar surface area (TPSA) is 73.8 Å². The molecule has 1 heterocycles. The molecule has 0 fully saturated rings. The molecule has 1 atom stereocenters. The Hall–Kier alpha value is -3.51. The van der Waals surface area contributed by atoms with Gasteiger partial charge in [-0.2, -0.15) is 5.10 Å². The molecule has 1 amide bonds. The van der Waals surface area contributed by atoms with Crippen LogP contribution in [0.25, 0.3) is 11.4 Å². The van der Waals surface area contributed by atoms with Gasteiger partial charge in [0, 0.05) is 16.5 Å². The summed E-state index contributed by atoms with van der Waals surface area (Å²) in [6, 6.07) is 21.4. The predicted molar refractivity (Wildman–Crippen MR) is 132 cm³/mol. The lowest BCUT2D eigenvalue weighted by Gasteiger charge is -2.31. The normalized spacial score (nSPS) is 12.5. The van der Waals surface area contributed by atoms with Gasteiger partial charge in [-0.15, -0.1) is 0 Å². The van der Waals surface area contributed by atoms with Gasteiger partial charge in [-0.3, -0.25) is 4.79 Å². The fourth-order valence-electron chi connectivity index (χ4n) is 4.19. The van der Waals surface area contributed by atoms with Crippen molar-refractivity contribution in [3.05, 3.63) is 106 Å². The van der Waals surface area contributed by atoms with E-state index in [-0.39, 0.29) is 22.7 Å². The summed E-state index contributed by atoms with van der Waals surface area (Å²) in [6.07, 6.45) is 0. The highest BCUT2D eigenvalue weighted by Gasteiger charge is 2.35. The fourth-order valence-corrected chi connectivity index (χ4v) is 4.36. The first kappa shape index (κ1) is 23.6. The van der Waals surface area contributed by atoms with Gasteiger partial charge in [0.2, 0.25) is 5.91 Å². The van der Waals surface area contributed by atoms with Crippen LogP contribution in [0.2, 0.25) is 5.02 Å². The molecule has 0 spiro atoms. The van der Waals surface area contributed by atoms with Gasteiger partial charge < -0.3 is 5.73 Å². The van der Waals surface area contributed by atoms with Crippen LogP contribution in [-0.4, -0.2) is 20.7 Å². The zero-order valence-electron chi connectivity index (χ0n) is 19.3. The van der Waals surface area contributed by atoms with E-state index < -0.39 is 11.7 Å². The van der Waals surface area contributed by atoms with Crippen molar-refractivity contribution >= 4 is 17.5 Å². The van der Waals surface area contributed by atoms with Crippen molar-refractivity contribution in [1.82, 2.24) is 14.8 Å². The highest BCUT2D eigenvalue weighted by Crippen LogP contribution is 2.42. The molecule has 3 aromatic carbocycles. The number of halogens is 2. The van der Waals surface area contributed by atoms with E-state index in [1.54, 1.807) is 16.8 Å². The Morgan fingerprint density at radius 1 is 1.06 bits per heavy atom. The Balaban J connectivity index is 1.96. The number of primary amides is 1. The molecule has 2 N–H and O–H groups in total. The molecular weight excluding hydrogens is 451 g/mol. The molecule has 7 heteroatoms. The Kier molecular flexibility index (Phi) is 6.53. The van der Waals surface area contributed by atoms with E-state index >= 15 is 0 Å². The summed E-state index contributed by atoms with van der Waals surface area (Å²) in [5.41, 5.74) is 7.77. The van der Waals surface area contributed by atoms with Crippen LogP contribution < -0.4 is 5.73 Å². The first-order valence-electron chi connectivity index (χ1n) is 11.0. The molecule has 0 saturated heterocycles. The maximum atomic E-state index is 14.7. The average molecular weight is 477 g/mol. The van der Waals surface area contributed by atoms with Crippen molar-refractivity contribution < 1.29 is 9.18 Å². The molecule has 0 radical (unpaired) electrons. The van der Waals surface area contributed by atoms with Crippen molar-refractivity contribution in [1.29, 1.82) is 0 Å². The van der Waals surface area contributed by atoms with Gasteiger partial charge in [0.05, 0.1) is 12.1 Å². The molecule has 174 valence electrons. The second kappa shape index (κ2) is 9.39. The SMILES string of the molecule is CC(C)(C)[C@H](c1ccccc1C(N)=O)c1nc(-c2cc(Cl)ccc2F)nn1Cc1ccccc1. The number of carbonyl (C=O) groups excluding carboxylic acids is 1. The second-order valence-electron chi connectivity index (χ2n) is 9.31. The number of benzene rings is 3. The molecular formula is C27H26ClFN4O. The van der Waals surface area contributed by atoms with Crippen LogP contribution in [-0.2, 0) is 6.54 Å². The lowest BCUT2D eigenvalue weighted by atomic mass is 9.74. The lowest BCUT2D eigenvalue weighted by Crippen LogP contribution is -2.27. The zero-order valence-corrected chi connectivity index (χ0v) is 20.1. The summed E-state index contributed by atoms with van der Waals surface area (Å²) in [5, 5.41) is 5.10. The Morgan fingerprint density at radius 3 is 2.41 bits per heavy atom. The van der Waals surface area contributed by atoms with Gasteiger partial charge in [-0.05, 0) is 40.8 Å². The standard InChI is InChI=1S/C27H26ClFN4O/c1-27(2,3)23(19-11-7-8-12-20(19)24(30)34)26-31-25(21-15-18(28)13-14-22(21)29)32-33(26)16-17-9-5-4-6-10-17/h4-15,23H,16H2,1-3H3,(H2,30,34)/t23-/m1/s1. The van der Waals surface area contributed by atoms with Gasteiger partial charge in [-0.25, -0.2) is 14.1 Å². The highest BCUT2D eigenvalue weighted by atomic mass is 35.5. The van der Waals surface area contributed by atoms with Gasteiger partial charge >= 0.3 is 0 Å². The number of hydrogen-bond acceptors (Lipinski definition) is 3. The molecule has 0 saturated carbocycles. The minimum atomic E-state index is -0.514. The largest absolute Gasteiger partial charge is 0.366 e. The van der Waals surface area contributed by atoms with Gasteiger partial charge in [0.15, 0.2) is 5.82 Å². The Bertz CT molecular complexity index is 1330. The number of aromatic nitrogens is 3. The van der Waals surface area contributed by atoms with Crippen LogP contribution in [0.3, 0.4) is 0 Å². The average Bonchev–Trinajstić information content (AvgIpc) is 3.18. The molecule has 5 nitrogen and oxygen atoms in total. The number of carbonyl (C=O) groups is 1. The maximum Gasteiger partial charge on any atom is 0.249 e. The van der Waals surface area contributed by atoms with E-state index in [9.17, 15) is 9.18 Å². The molecule has 1 aromatic heterocycles. The van der Waals surface area contributed by atoms with E-state index in [2.05, 4.69) is 20.8 Å². The number of nitrogens with zero attached hydrogens (tertiary/aromatic N) is 3. The van der Waals surface area contributed by atoms with Crippen LogP contribution in [0.15, 0.2) is 72.8 Å². The van der Waals surface area contributed by atoms with E-state index in [4.69, 9.17) is 27.4 Å². The van der Waals surface area contributed by atoms with Crippen molar-refractivity contribution in [2.24, 2.45) is 11.1 Å². The minimum Gasteiger partial charge on any atom is -0.366 e. The molecule has 0 bridgehead atoms. The molecule has 4 rings (SSSR count). The van der Waals surface area contributed by atoms with E-state index in [1.807, 2.05) is 42.5 Å². The van der Waals surface area contributed by atoms with Crippen molar-refractivity contribution in [3.8, 4) is 11.4 Å². The van der Waals surface area contributed by atoms with Gasteiger partial charge in [0.25, 0.3) is 0 Å². The molecule has 34 heavy (non-hydrogen) atoms. The monoisotopic (exact) mass is 476 g/mol. The summed E-state index contributed by atoms with van der Waals surface area (Å²) in [5.74, 6) is -0.475. The summed E-state index contributed by atoms with van der Waals surface area (Å²) in [7, 11) is 0. The van der Waals surface area contributed by atoms with Crippen LogP contribution >= 0.6 is 11.6 Å². The summed E-state index contributed by atoms with van der Waals surface area (Å²) >= 11 is 6.15. The van der Waals surface area contributed by atoms with Crippen molar-refractivity contribution in [3.63, 3.8) is 0 Å². The first-order chi connectivity index (χ1) is 16.1. The van der Waals surface area contributed by atoms with Gasteiger partial charge in [0.1, 0.15) is 11.6 Å². The van der Waals surface area contributed by atoms with Crippen LogP contribution in [0.1, 0.15) is 54.0 Å². The fraction of sp³-hybridized carbons (Fsp3) is 0.222. The minimum absolute atomic E-state index is 0.219. The van der Waals surface area contributed by atoms with E-state index in [0.29, 0.717) is 23.0 Å². The predicted octanol–water partition coefficient (Wildman–Crippen LogP) is 6.06. The molecule has 0 unspecified atom stereocenters. The zero-order chi connectivity index (χ0) is 24.5. The van der Waals surface area contributed by atoms with Crippen LogP contribution in [0, 0.1) is 11.2 Å². The first-order valence-corrected chi connectivity index (χ1v) is 11.4. The second-order valence-corrected chi connectivity index (χ2v) is 9.75. The Labute approximate surface area is 203 Å². The third-order valence-corrected chi connectivity index (χ3v) is 5.94. The third kappa shape index (κ3) is 4.87. The number of nitrogens with two attached hydrogens (primary N) is 1. The molecule has 4 aromatic rings. The third-order valence-electron chi connectivity index (χ3n) is 5.71. The smallest absolute Gasteiger partial charge is 0.249 e. The van der Waals surface area contributed by atoms with E-state index in [1.165, 1.54) is 18.2 Å². The van der Waals surface area contributed by atoms with E-state index in [0.717, 1.165) is 11.1 Å². The number of rotatable bonds is 6. The van der Waals surface area contributed by atoms with Crippen LogP contribution in [0.4, 0.5) is 4.39 Å². The number of amides is 1. The van der Waals surface area contributed by atoms with Crippen LogP contribution in [0.5, 0.6) is 0 Å². The number of hydrogen-bond donors (Lipinski definition) is 1. The summed E-state index contributed by atoms with van der Waals surface area (Å²) < 4.78 is 16.5. The maximum absolute atomic E-state index is 14.7. The quantitative estimate of drug-likeness (QED) is 0.367. The summed E-state index contributed by atoms with van der Waals surface area (Å²) in [4.78, 5) is 17.1. The summed E-state index contributed by atoms with van der Waals surface area (Å²) in [6.45, 7) is 6.63. The van der Waals surface area contributed by atoms with Crippen molar-refractivity contribution in [2.75, 3.05) is 0 Å². The lowest BCUT2D eigenvalue weighted by molar-refractivity contribution is 0.0998. The molecule has 0 aliphatic heterocycles. The molecule has 0 aliphatic carbocycles. The Morgan fingerprint density at radius 2 is 1.74 bits per heavy atom. The van der Waals surface area contributed by atoms with Crippen molar-refractivity contribution in [2.45, 2.75) is 33.2 Å². The highest BCUT2D eigenvalue weighted by molar-refractivity contribution is 6.30. The van der Waals surface area contributed by atoms with Gasteiger partial charge in [-0.1, -0.05) is 80.9 Å². The molecule has 0 aliphatic rings.